The van der Waals surface area contributed by atoms with Crippen LogP contribution in [0.25, 0.3) is 10.2 Å². The van der Waals surface area contributed by atoms with Crippen molar-refractivity contribution >= 4 is 59.9 Å². The van der Waals surface area contributed by atoms with E-state index in [0.717, 1.165) is 17.1 Å². The molecule has 0 fully saturated rings. The molecule has 0 radical (unpaired) electrons. The first kappa shape index (κ1) is 14.5. The summed E-state index contributed by atoms with van der Waals surface area (Å²) in [5.41, 5.74) is 0.662. The fourth-order valence-corrected chi connectivity index (χ4v) is 3.92. The highest BCUT2D eigenvalue weighted by Crippen LogP contribution is 2.29. The molecule has 10 heteroatoms. The molecule has 2 aromatic heterocycles. The van der Waals surface area contributed by atoms with Crippen LogP contribution < -0.4 is 4.72 Å². The van der Waals surface area contributed by atoms with E-state index in [4.69, 9.17) is 23.2 Å². The monoisotopic (exact) mass is 360 g/mol. The normalized spacial score (nSPS) is 11.7. The maximum Gasteiger partial charge on any atom is 0.266 e. The lowest BCUT2D eigenvalue weighted by Crippen LogP contribution is -2.13. The molecule has 0 unspecified atom stereocenters. The van der Waals surface area contributed by atoms with Crippen LogP contribution in [-0.4, -0.2) is 23.4 Å². The number of benzene rings is 1. The first-order valence-electron chi connectivity index (χ1n) is 5.50. The molecule has 0 aliphatic heterocycles. The van der Waals surface area contributed by atoms with Gasteiger partial charge in [-0.05, 0) is 29.8 Å². The second-order valence-electron chi connectivity index (χ2n) is 3.92. The first-order valence-corrected chi connectivity index (χ1v) is 8.56. The number of rotatable bonds is 3. The molecule has 6 nitrogen and oxygen atoms in total. The van der Waals surface area contributed by atoms with Gasteiger partial charge in [0.1, 0.15) is 4.90 Å². The number of aromatic nitrogens is 3. The summed E-state index contributed by atoms with van der Waals surface area (Å²) in [6.45, 7) is 0. The molecule has 2 heterocycles. The topological polar surface area (TPSA) is 84.8 Å². The van der Waals surface area contributed by atoms with Crippen LogP contribution in [0, 0.1) is 0 Å². The Morgan fingerprint density at radius 2 is 1.86 bits per heavy atom. The molecule has 0 aliphatic rings. The Bertz CT molecular complexity index is 910. The van der Waals surface area contributed by atoms with Gasteiger partial charge in [-0.3, -0.25) is 4.72 Å². The number of fused-ring (bicyclic) bond motifs is 1. The van der Waals surface area contributed by atoms with E-state index >= 15 is 0 Å². The van der Waals surface area contributed by atoms with Gasteiger partial charge < -0.3 is 0 Å². The van der Waals surface area contributed by atoms with Crippen molar-refractivity contribution in [2.24, 2.45) is 0 Å². The van der Waals surface area contributed by atoms with Crippen LogP contribution >= 0.6 is 34.5 Å². The fourth-order valence-electron chi connectivity index (χ4n) is 1.56. The number of hydrogen-bond acceptors (Lipinski definition) is 6. The number of thiazole rings is 1. The van der Waals surface area contributed by atoms with Crippen LogP contribution in [0.2, 0.25) is 10.3 Å². The van der Waals surface area contributed by atoms with Gasteiger partial charge >= 0.3 is 0 Å². The maximum atomic E-state index is 12.2. The summed E-state index contributed by atoms with van der Waals surface area (Å²) >= 11 is 12.6. The summed E-state index contributed by atoms with van der Waals surface area (Å²) in [5.74, 6) is 0. The van der Waals surface area contributed by atoms with Gasteiger partial charge in [-0.15, -0.1) is 0 Å². The Labute approximate surface area is 133 Å². The van der Waals surface area contributed by atoms with Gasteiger partial charge in [-0.1, -0.05) is 22.9 Å². The number of halogens is 2. The minimum absolute atomic E-state index is 0.0245. The van der Waals surface area contributed by atoms with Crippen LogP contribution in [0.4, 0.5) is 5.13 Å². The van der Waals surface area contributed by atoms with Gasteiger partial charge in [0.15, 0.2) is 5.13 Å². The molecular formula is C11H6Cl2N4O2S2. The van der Waals surface area contributed by atoms with Crippen molar-refractivity contribution in [2.45, 2.75) is 4.90 Å². The van der Waals surface area contributed by atoms with Crippen LogP contribution in [0.1, 0.15) is 0 Å². The summed E-state index contributed by atoms with van der Waals surface area (Å²) in [5, 5.41) is 0.775. The highest BCUT2D eigenvalue weighted by atomic mass is 35.5. The van der Waals surface area contributed by atoms with Gasteiger partial charge in [0.05, 0.1) is 22.6 Å². The largest absolute Gasteiger partial charge is 0.266 e. The number of anilines is 1. The summed E-state index contributed by atoms with van der Waals surface area (Å²) in [6, 6.07) is 5.13. The highest BCUT2D eigenvalue weighted by Gasteiger charge is 2.17. The van der Waals surface area contributed by atoms with Crippen LogP contribution in [0.5, 0.6) is 0 Å². The maximum absolute atomic E-state index is 12.2. The van der Waals surface area contributed by atoms with Crippen molar-refractivity contribution in [1.82, 2.24) is 15.0 Å². The summed E-state index contributed by atoms with van der Waals surface area (Å²) in [4.78, 5) is 11.4. The Morgan fingerprint density at radius 3 is 2.57 bits per heavy atom. The van der Waals surface area contributed by atoms with E-state index in [-0.39, 0.29) is 15.3 Å². The van der Waals surface area contributed by atoms with Crippen molar-refractivity contribution < 1.29 is 8.42 Å². The van der Waals surface area contributed by atoms with E-state index in [2.05, 4.69) is 19.7 Å². The zero-order chi connectivity index (χ0) is 15.0. The molecule has 3 aromatic rings. The molecule has 0 atom stereocenters. The molecule has 108 valence electrons. The van der Waals surface area contributed by atoms with Gasteiger partial charge in [0.2, 0.25) is 5.28 Å². The quantitative estimate of drug-likeness (QED) is 0.724. The van der Waals surface area contributed by atoms with Crippen molar-refractivity contribution in [1.29, 1.82) is 0 Å². The van der Waals surface area contributed by atoms with Crippen LogP contribution in [0.15, 0.2) is 35.5 Å². The summed E-state index contributed by atoms with van der Waals surface area (Å²) in [7, 11) is -3.81. The third-order valence-electron chi connectivity index (χ3n) is 2.48. The molecule has 0 bridgehead atoms. The van der Waals surface area contributed by atoms with Gasteiger partial charge in [-0.2, -0.15) is 0 Å². The molecule has 3 rings (SSSR count). The van der Waals surface area contributed by atoms with Crippen molar-refractivity contribution in [3.05, 3.63) is 40.9 Å². The molecular weight excluding hydrogens is 355 g/mol. The fraction of sp³-hybridized carbons (Fsp3) is 0. The van der Waals surface area contributed by atoms with Gasteiger partial charge in [-0.25, -0.2) is 23.4 Å². The number of nitrogens with zero attached hydrogens (tertiary/aromatic N) is 3. The van der Waals surface area contributed by atoms with Crippen LogP contribution in [-0.2, 0) is 10.0 Å². The third-order valence-corrected chi connectivity index (χ3v) is 5.27. The molecule has 0 amide bonds. The number of hydrogen-bond donors (Lipinski definition) is 1. The van der Waals surface area contributed by atoms with E-state index in [1.165, 1.54) is 11.3 Å². The van der Waals surface area contributed by atoms with Crippen molar-refractivity contribution in [3.63, 3.8) is 0 Å². The zero-order valence-electron chi connectivity index (χ0n) is 10.1. The van der Waals surface area contributed by atoms with Gasteiger partial charge in [0.25, 0.3) is 10.0 Å². The molecule has 0 spiro atoms. The predicted molar refractivity (Wildman–Crippen MR) is 82.5 cm³/mol. The predicted octanol–water partition coefficient (Wildman–Crippen LogP) is 3.19. The molecule has 1 N–H and O–H groups in total. The SMILES string of the molecule is O=S(=O)(Nc1nc2ccc(Cl)cc2s1)c1cnc(Cl)nc1. The minimum Gasteiger partial charge on any atom is -0.255 e. The average molecular weight is 361 g/mol. The molecule has 0 saturated heterocycles. The molecule has 0 saturated carbocycles. The third kappa shape index (κ3) is 3.08. The highest BCUT2D eigenvalue weighted by molar-refractivity contribution is 7.93. The summed E-state index contributed by atoms with van der Waals surface area (Å²) < 4.78 is 27.5. The van der Waals surface area contributed by atoms with Crippen molar-refractivity contribution in [3.8, 4) is 0 Å². The Balaban J connectivity index is 1.95. The standard InChI is InChI=1S/C11H6Cl2N4O2S2/c12-6-1-2-8-9(3-6)20-11(16-8)17-21(18,19)7-4-14-10(13)15-5-7/h1-5H,(H,16,17). The van der Waals surface area contributed by atoms with E-state index in [1.807, 2.05) is 0 Å². The average Bonchev–Trinajstić information content (AvgIpc) is 2.79. The van der Waals surface area contributed by atoms with Crippen LogP contribution in [0.3, 0.4) is 0 Å². The smallest absolute Gasteiger partial charge is 0.255 e. The Hall–Kier alpha value is -1.48. The lowest BCUT2D eigenvalue weighted by molar-refractivity contribution is 0.600. The zero-order valence-corrected chi connectivity index (χ0v) is 13.3. The number of nitrogens with one attached hydrogen (secondary N) is 1. The number of sulfonamides is 1. The second kappa shape index (κ2) is 5.38. The minimum atomic E-state index is -3.81. The van der Waals surface area contributed by atoms with Crippen molar-refractivity contribution in [2.75, 3.05) is 4.72 Å². The van der Waals surface area contributed by atoms with E-state index in [1.54, 1.807) is 18.2 Å². The first-order chi connectivity index (χ1) is 9.94. The molecule has 0 aliphatic carbocycles. The summed E-state index contributed by atoms with van der Waals surface area (Å²) in [6.07, 6.45) is 2.25. The van der Waals surface area contributed by atoms with E-state index in [9.17, 15) is 8.42 Å². The molecule has 21 heavy (non-hydrogen) atoms. The van der Waals surface area contributed by atoms with E-state index in [0.29, 0.717) is 10.5 Å². The second-order valence-corrected chi connectivity index (χ2v) is 7.41. The Morgan fingerprint density at radius 1 is 1.14 bits per heavy atom. The van der Waals surface area contributed by atoms with E-state index < -0.39 is 10.0 Å². The molecule has 1 aromatic carbocycles. The van der Waals surface area contributed by atoms with Gasteiger partial charge in [0, 0.05) is 5.02 Å². The lowest BCUT2D eigenvalue weighted by atomic mass is 10.3. The Kier molecular flexibility index (Phi) is 3.70. The lowest BCUT2D eigenvalue weighted by Gasteiger charge is -2.03.